The summed E-state index contributed by atoms with van der Waals surface area (Å²) in [7, 11) is 0. The third-order valence-corrected chi connectivity index (χ3v) is 5.99. The first-order chi connectivity index (χ1) is 13.0. The number of halogens is 2. The van der Waals surface area contributed by atoms with E-state index in [0.29, 0.717) is 35.5 Å². The number of carbonyl (C=O) groups excluding carboxylic acids is 1. The maximum absolute atomic E-state index is 12.5. The average Bonchev–Trinajstić information content (AvgIpc) is 3.03. The van der Waals surface area contributed by atoms with Crippen molar-refractivity contribution in [2.45, 2.75) is 12.3 Å². The zero-order chi connectivity index (χ0) is 19.4. The molecule has 0 N–H and O–H groups in total. The van der Waals surface area contributed by atoms with Crippen molar-refractivity contribution in [1.82, 2.24) is 0 Å². The lowest BCUT2D eigenvalue weighted by Gasteiger charge is -2.25. The van der Waals surface area contributed by atoms with Gasteiger partial charge in [0, 0.05) is 10.7 Å². The highest BCUT2D eigenvalue weighted by Crippen LogP contribution is 2.46. The van der Waals surface area contributed by atoms with Gasteiger partial charge in [0.05, 0.1) is 16.8 Å². The summed E-state index contributed by atoms with van der Waals surface area (Å²) in [6, 6.07) is 11.2. The molecule has 1 fully saturated rings. The predicted molar refractivity (Wildman–Crippen MR) is 115 cm³/mol. The van der Waals surface area contributed by atoms with Crippen LogP contribution in [0.4, 0.5) is 5.69 Å². The second-order valence-corrected chi connectivity index (χ2v) is 8.13. The molecule has 1 aliphatic rings. The van der Waals surface area contributed by atoms with E-state index in [1.807, 2.05) is 31.2 Å². The number of rotatable bonds is 7. The van der Waals surface area contributed by atoms with Crippen LogP contribution in [0.15, 0.2) is 53.5 Å². The summed E-state index contributed by atoms with van der Waals surface area (Å²) in [6.45, 7) is 6.50. The van der Waals surface area contributed by atoms with E-state index in [-0.39, 0.29) is 11.3 Å². The summed E-state index contributed by atoms with van der Waals surface area (Å²) >= 11 is 11.1. The molecule has 2 aromatic carbocycles. The molecule has 3 rings (SSSR count). The molecular weight excluding hydrogens is 450 g/mol. The molecular formula is C20H19BrClNO3S. The predicted octanol–water partition coefficient (Wildman–Crippen LogP) is 5.84. The molecule has 4 nitrogen and oxygen atoms in total. The van der Waals surface area contributed by atoms with Gasteiger partial charge in [-0.15, -0.1) is 11.8 Å². The van der Waals surface area contributed by atoms with Crippen molar-refractivity contribution in [2.75, 3.05) is 23.9 Å². The molecule has 0 aromatic heterocycles. The SMILES string of the molecule is C=CCOc1c(Br)cc([C@@H]2SCC(=O)N2c2ccc(Cl)cc2)cc1OCC. The highest BCUT2D eigenvalue weighted by Gasteiger charge is 2.35. The van der Waals surface area contributed by atoms with E-state index >= 15 is 0 Å². The number of benzene rings is 2. The Morgan fingerprint density at radius 2 is 2.07 bits per heavy atom. The van der Waals surface area contributed by atoms with E-state index in [2.05, 4.69) is 22.5 Å². The Kier molecular flexibility index (Phi) is 6.73. The lowest BCUT2D eigenvalue weighted by Crippen LogP contribution is -2.27. The number of hydrogen-bond donors (Lipinski definition) is 0. The third kappa shape index (κ3) is 4.45. The normalized spacial score (nSPS) is 16.5. The van der Waals surface area contributed by atoms with Crippen LogP contribution in [0.2, 0.25) is 5.02 Å². The van der Waals surface area contributed by atoms with Gasteiger partial charge >= 0.3 is 0 Å². The molecule has 2 aromatic rings. The van der Waals surface area contributed by atoms with Crippen molar-refractivity contribution < 1.29 is 14.3 Å². The Morgan fingerprint density at radius 3 is 2.74 bits per heavy atom. The molecule has 0 radical (unpaired) electrons. The second-order valence-electron chi connectivity index (χ2n) is 5.77. The van der Waals surface area contributed by atoms with Gasteiger partial charge in [-0.1, -0.05) is 24.3 Å². The van der Waals surface area contributed by atoms with Gasteiger partial charge in [0.1, 0.15) is 12.0 Å². The number of amides is 1. The van der Waals surface area contributed by atoms with E-state index in [1.54, 1.807) is 34.9 Å². The maximum Gasteiger partial charge on any atom is 0.238 e. The molecule has 1 atom stereocenters. The molecule has 142 valence electrons. The first-order valence-electron chi connectivity index (χ1n) is 8.44. The minimum absolute atomic E-state index is 0.0633. The van der Waals surface area contributed by atoms with Crippen molar-refractivity contribution in [2.24, 2.45) is 0 Å². The summed E-state index contributed by atoms with van der Waals surface area (Å²) in [5, 5.41) is 0.488. The molecule has 1 aliphatic heterocycles. The largest absolute Gasteiger partial charge is 0.490 e. The number of thioether (sulfide) groups is 1. The third-order valence-electron chi connectivity index (χ3n) is 3.94. The maximum atomic E-state index is 12.5. The van der Waals surface area contributed by atoms with Crippen LogP contribution in [0.3, 0.4) is 0 Å². The average molecular weight is 469 g/mol. The summed E-state index contributed by atoms with van der Waals surface area (Å²) in [4.78, 5) is 14.3. The smallest absolute Gasteiger partial charge is 0.238 e. The number of hydrogen-bond acceptors (Lipinski definition) is 4. The van der Waals surface area contributed by atoms with Gasteiger partial charge in [-0.05, 0) is 64.8 Å². The zero-order valence-electron chi connectivity index (χ0n) is 14.8. The lowest BCUT2D eigenvalue weighted by atomic mass is 10.1. The van der Waals surface area contributed by atoms with Crippen molar-refractivity contribution >= 4 is 50.9 Å². The molecule has 1 amide bonds. The van der Waals surface area contributed by atoms with E-state index in [4.69, 9.17) is 21.1 Å². The molecule has 0 spiro atoms. The molecule has 27 heavy (non-hydrogen) atoms. The first kappa shape index (κ1) is 20.1. The molecule has 0 bridgehead atoms. The Morgan fingerprint density at radius 1 is 1.33 bits per heavy atom. The first-order valence-corrected chi connectivity index (χ1v) is 10.7. The minimum atomic E-state index is -0.150. The van der Waals surface area contributed by atoms with E-state index in [9.17, 15) is 4.79 Å². The molecule has 0 saturated carbocycles. The summed E-state index contributed by atoms with van der Waals surface area (Å²) in [5.74, 6) is 1.75. The molecule has 1 saturated heterocycles. The monoisotopic (exact) mass is 467 g/mol. The van der Waals surface area contributed by atoms with Crippen molar-refractivity contribution in [3.05, 3.63) is 64.1 Å². The van der Waals surface area contributed by atoms with Crippen LogP contribution in [0, 0.1) is 0 Å². The van der Waals surface area contributed by atoms with Gasteiger partial charge < -0.3 is 9.47 Å². The van der Waals surface area contributed by atoms with Crippen LogP contribution < -0.4 is 14.4 Å². The Bertz CT molecular complexity index is 844. The van der Waals surface area contributed by atoms with Gasteiger partial charge in [-0.3, -0.25) is 9.69 Å². The number of nitrogens with zero attached hydrogens (tertiary/aromatic N) is 1. The van der Waals surface area contributed by atoms with Crippen molar-refractivity contribution in [3.8, 4) is 11.5 Å². The van der Waals surface area contributed by atoms with Crippen LogP contribution in [-0.4, -0.2) is 24.9 Å². The Hall–Kier alpha value is -1.63. The fraction of sp³-hybridized carbons (Fsp3) is 0.250. The fourth-order valence-corrected chi connectivity index (χ4v) is 4.68. The highest BCUT2D eigenvalue weighted by atomic mass is 79.9. The number of carbonyl (C=O) groups is 1. The topological polar surface area (TPSA) is 38.8 Å². The van der Waals surface area contributed by atoms with E-state index in [1.165, 1.54) is 0 Å². The van der Waals surface area contributed by atoms with Crippen LogP contribution in [0.25, 0.3) is 0 Å². The molecule has 1 heterocycles. The molecule has 0 aliphatic carbocycles. The number of anilines is 1. The summed E-state index contributed by atoms with van der Waals surface area (Å²) in [5.41, 5.74) is 1.78. The number of ether oxygens (including phenoxy) is 2. The van der Waals surface area contributed by atoms with Gasteiger partial charge in [0.25, 0.3) is 0 Å². The van der Waals surface area contributed by atoms with Crippen LogP contribution >= 0.6 is 39.3 Å². The van der Waals surface area contributed by atoms with Gasteiger partial charge in [0.15, 0.2) is 11.5 Å². The van der Waals surface area contributed by atoms with E-state index < -0.39 is 0 Å². The van der Waals surface area contributed by atoms with Crippen molar-refractivity contribution in [1.29, 1.82) is 0 Å². The fourth-order valence-electron chi connectivity index (χ4n) is 2.83. The highest BCUT2D eigenvalue weighted by molar-refractivity contribution is 9.10. The van der Waals surface area contributed by atoms with Crippen LogP contribution in [0.1, 0.15) is 17.9 Å². The Balaban J connectivity index is 1.99. The van der Waals surface area contributed by atoms with Crippen molar-refractivity contribution in [3.63, 3.8) is 0 Å². The molecule has 7 heteroatoms. The van der Waals surface area contributed by atoms with Gasteiger partial charge in [-0.25, -0.2) is 0 Å². The minimum Gasteiger partial charge on any atom is -0.490 e. The summed E-state index contributed by atoms with van der Waals surface area (Å²) < 4.78 is 12.3. The molecule has 0 unspecified atom stereocenters. The van der Waals surface area contributed by atoms with Crippen LogP contribution in [-0.2, 0) is 4.79 Å². The van der Waals surface area contributed by atoms with E-state index in [0.717, 1.165) is 15.7 Å². The zero-order valence-corrected chi connectivity index (χ0v) is 17.9. The van der Waals surface area contributed by atoms with Gasteiger partial charge in [0.2, 0.25) is 5.91 Å². The standard InChI is InChI=1S/C20H19BrClNO3S/c1-3-9-26-19-16(21)10-13(11-17(19)25-4-2)20-23(18(24)12-27-20)15-7-5-14(22)6-8-15/h3,5-8,10-11,20H,1,4,9,12H2,2H3/t20-/m0/s1. The van der Waals surface area contributed by atoms with Crippen LogP contribution in [0.5, 0.6) is 11.5 Å². The second kappa shape index (κ2) is 9.04. The lowest BCUT2D eigenvalue weighted by molar-refractivity contribution is -0.115. The van der Waals surface area contributed by atoms with Gasteiger partial charge in [-0.2, -0.15) is 0 Å². The Labute approximate surface area is 176 Å². The summed E-state index contributed by atoms with van der Waals surface area (Å²) in [6.07, 6.45) is 1.68. The quantitative estimate of drug-likeness (QED) is 0.478.